The van der Waals surface area contributed by atoms with Gasteiger partial charge in [-0.3, -0.25) is 9.59 Å². The molecule has 1 atom stereocenters. The Hall–Kier alpha value is -2.24. The van der Waals surface area contributed by atoms with Crippen LogP contribution < -0.4 is 9.47 Å². The van der Waals surface area contributed by atoms with Gasteiger partial charge in [0, 0.05) is 17.0 Å². The highest BCUT2D eigenvalue weighted by molar-refractivity contribution is 6.32. The molecule has 0 aromatic heterocycles. The zero-order valence-corrected chi connectivity index (χ0v) is 18.7. The minimum absolute atomic E-state index is 0.0467. The summed E-state index contributed by atoms with van der Waals surface area (Å²) in [6.45, 7) is 5.78. The average molecular weight is 451 g/mol. The van der Waals surface area contributed by atoms with Crippen molar-refractivity contribution in [3.05, 3.63) is 57.6 Å². The van der Waals surface area contributed by atoms with E-state index in [0.717, 1.165) is 0 Å². The lowest BCUT2D eigenvalue weighted by molar-refractivity contribution is -0.155. The molecule has 1 heterocycles. The van der Waals surface area contributed by atoms with Crippen molar-refractivity contribution in [2.45, 2.75) is 51.7 Å². The zero-order chi connectivity index (χ0) is 21.9. The van der Waals surface area contributed by atoms with Crippen LogP contribution >= 0.6 is 23.2 Å². The normalized spacial score (nSPS) is 15.9. The molecule has 0 amide bonds. The number of benzene rings is 2. The fourth-order valence-electron chi connectivity index (χ4n) is 3.17. The first-order valence-corrected chi connectivity index (χ1v) is 10.5. The monoisotopic (exact) mass is 450 g/mol. The molecule has 2 aromatic rings. The van der Waals surface area contributed by atoms with Crippen molar-refractivity contribution in [1.82, 2.24) is 0 Å². The maximum atomic E-state index is 12.6. The number of carbonyl (C=O) groups excluding carboxylic acids is 2. The number of ketones is 1. The number of ether oxygens (including phenoxy) is 3. The van der Waals surface area contributed by atoms with E-state index in [1.807, 2.05) is 20.8 Å². The number of carbonyl (C=O) groups is 2. The number of rotatable bonds is 6. The van der Waals surface area contributed by atoms with E-state index in [9.17, 15) is 9.59 Å². The van der Waals surface area contributed by atoms with Crippen LogP contribution in [0.3, 0.4) is 0 Å². The molecule has 1 unspecified atom stereocenters. The van der Waals surface area contributed by atoms with Crippen LogP contribution in [0.2, 0.25) is 10.0 Å². The van der Waals surface area contributed by atoms with Crippen LogP contribution in [0.4, 0.5) is 0 Å². The first-order chi connectivity index (χ1) is 14.1. The van der Waals surface area contributed by atoms with Crippen LogP contribution in [-0.2, 0) is 9.53 Å². The lowest BCUT2D eigenvalue weighted by Crippen LogP contribution is -2.24. The van der Waals surface area contributed by atoms with Crippen LogP contribution in [-0.4, -0.2) is 24.0 Å². The molecule has 0 fully saturated rings. The standard InChI is InChI=1S/C23H24Cl2O5/c1-23(2,3)30-21(27)8-5-11-28-19-12-14(24)9-10-16(19)20-13-18(26)15-6-4-7-17(25)22(15)29-20/h4,6-7,9-10,12,20H,5,8,11,13H2,1-3H3. The Kier molecular flexibility index (Phi) is 6.94. The number of hydrogen-bond acceptors (Lipinski definition) is 5. The molecule has 0 aliphatic carbocycles. The number of Topliss-reactive ketones (excluding diaryl/α,β-unsaturated/α-hetero) is 1. The second kappa shape index (κ2) is 9.27. The molecule has 1 aliphatic heterocycles. The predicted octanol–water partition coefficient (Wildman–Crippen LogP) is 6.20. The van der Waals surface area contributed by atoms with Gasteiger partial charge in [0.05, 0.1) is 23.6 Å². The molecule has 30 heavy (non-hydrogen) atoms. The van der Waals surface area contributed by atoms with Gasteiger partial charge in [0.15, 0.2) is 5.78 Å². The molecule has 2 aromatic carbocycles. The van der Waals surface area contributed by atoms with Gasteiger partial charge in [-0.25, -0.2) is 0 Å². The molecule has 0 spiro atoms. The largest absolute Gasteiger partial charge is 0.493 e. The van der Waals surface area contributed by atoms with Crippen molar-refractivity contribution < 1.29 is 23.8 Å². The third-order valence-electron chi connectivity index (χ3n) is 4.42. The first kappa shape index (κ1) is 22.4. The van der Waals surface area contributed by atoms with Gasteiger partial charge in [-0.15, -0.1) is 0 Å². The summed E-state index contributed by atoms with van der Waals surface area (Å²) in [6.07, 6.45) is 0.362. The predicted molar refractivity (Wildman–Crippen MR) is 116 cm³/mol. The van der Waals surface area contributed by atoms with E-state index >= 15 is 0 Å². The van der Waals surface area contributed by atoms with Gasteiger partial charge in [0.2, 0.25) is 0 Å². The van der Waals surface area contributed by atoms with Crippen LogP contribution in [0, 0.1) is 0 Å². The molecule has 0 saturated heterocycles. The van der Waals surface area contributed by atoms with Crippen molar-refractivity contribution >= 4 is 35.0 Å². The fraction of sp³-hybridized carbons (Fsp3) is 0.391. The molecular weight excluding hydrogens is 427 g/mol. The number of fused-ring (bicyclic) bond motifs is 1. The maximum absolute atomic E-state index is 12.6. The smallest absolute Gasteiger partial charge is 0.306 e. The minimum Gasteiger partial charge on any atom is -0.493 e. The van der Waals surface area contributed by atoms with E-state index in [2.05, 4.69) is 0 Å². The topological polar surface area (TPSA) is 61.8 Å². The number of hydrogen-bond donors (Lipinski definition) is 0. The third-order valence-corrected chi connectivity index (χ3v) is 4.96. The summed E-state index contributed by atoms with van der Waals surface area (Å²) in [5, 5.41) is 0.890. The Labute approximate surface area is 186 Å². The van der Waals surface area contributed by atoms with Gasteiger partial charge >= 0.3 is 5.97 Å². The van der Waals surface area contributed by atoms with Crippen molar-refractivity contribution in [2.75, 3.05) is 6.61 Å². The highest BCUT2D eigenvalue weighted by atomic mass is 35.5. The maximum Gasteiger partial charge on any atom is 0.306 e. The van der Waals surface area contributed by atoms with Crippen LogP contribution in [0.15, 0.2) is 36.4 Å². The lowest BCUT2D eigenvalue weighted by Gasteiger charge is -2.27. The molecule has 0 N–H and O–H groups in total. The van der Waals surface area contributed by atoms with Gasteiger partial charge in [-0.05, 0) is 51.5 Å². The second-order valence-corrected chi connectivity index (χ2v) is 8.91. The molecular formula is C23H24Cl2O5. The molecule has 1 aliphatic rings. The molecule has 7 heteroatoms. The lowest BCUT2D eigenvalue weighted by atomic mass is 9.96. The average Bonchev–Trinajstić information content (AvgIpc) is 2.65. The van der Waals surface area contributed by atoms with E-state index in [-0.39, 0.29) is 24.6 Å². The highest BCUT2D eigenvalue weighted by Gasteiger charge is 2.31. The Bertz CT molecular complexity index is 949. The van der Waals surface area contributed by atoms with E-state index in [4.69, 9.17) is 37.4 Å². The van der Waals surface area contributed by atoms with Crippen LogP contribution in [0.1, 0.15) is 62.1 Å². The summed E-state index contributed by atoms with van der Waals surface area (Å²) in [7, 11) is 0. The number of esters is 1. The van der Waals surface area contributed by atoms with Gasteiger partial charge in [0.25, 0.3) is 0 Å². The van der Waals surface area contributed by atoms with Crippen LogP contribution in [0.25, 0.3) is 0 Å². The molecule has 0 saturated carbocycles. The highest BCUT2D eigenvalue weighted by Crippen LogP contribution is 2.42. The van der Waals surface area contributed by atoms with Crippen molar-refractivity contribution in [1.29, 1.82) is 0 Å². The summed E-state index contributed by atoms with van der Waals surface area (Å²) in [5.74, 6) is 0.575. The summed E-state index contributed by atoms with van der Waals surface area (Å²) in [6, 6.07) is 10.3. The fourth-order valence-corrected chi connectivity index (χ4v) is 3.56. The van der Waals surface area contributed by atoms with E-state index in [1.54, 1.807) is 36.4 Å². The Balaban J connectivity index is 1.70. The van der Waals surface area contributed by atoms with Gasteiger partial charge in [-0.1, -0.05) is 35.3 Å². The zero-order valence-electron chi connectivity index (χ0n) is 17.2. The van der Waals surface area contributed by atoms with Crippen molar-refractivity contribution in [2.24, 2.45) is 0 Å². The van der Waals surface area contributed by atoms with Gasteiger partial charge < -0.3 is 14.2 Å². The molecule has 160 valence electrons. The molecule has 0 bridgehead atoms. The van der Waals surface area contributed by atoms with E-state index < -0.39 is 11.7 Å². The van der Waals surface area contributed by atoms with Gasteiger partial charge in [0.1, 0.15) is 23.2 Å². The summed E-state index contributed by atoms with van der Waals surface area (Å²) < 4.78 is 17.2. The van der Waals surface area contributed by atoms with Gasteiger partial charge in [-0.2, -0.15) is 0 Å². The summed E-state index contributed by atoms with van der Waals surface area (Å²) in [5.41, 5.74) is 0.670. The number of halogens is 2. The van der Waals surface area contributed by atoms with E-state index in [1.165, 1.54) is 0 Å². The molecule has 0 radical (unpaired) electrons. The SMILES string of the molecule is CC(C)(C)OC(=O)CCCOc1cc(Cl)ccc1C1CC(=O)c2cccc(Cl)c2O1. The first-order valence-electron chi connectivity index (χ1n) is 9.76. The Morgan fingerprint density at radius 3 is 2.70 bits per heavy atom. The Morgan fingerprint density at radius 2 is 1.97 bits per heavy atom. The quantitative estimate of drug-likeness (QED) is 0.387. The third kappa shape index (κ3) is 5.67. The summed E-state index contributed by atoms with van der Waals surface area (Å²) >= 11 is 12.4. The van der Waals surface area contributed by atoms with Crippen molar-refractivity contribution in [3.63, 3.8) is 0 Å². The van der Waals surface area contributed by atoms with Crippen molar-refractivity contribution in [3.8, 4) is 11.5 Å². The number of para-hydroxylation sites is 1. The molecule has 3 rings (SSSR count). The summed E-state index contributed by atoms with van der Waals surface area (Å²) in [4.78, 5) is 24.4. The van der Waals surface area contributed by atoms with Crippen LogP contribution in [0.5, 0.6) is 11.5 Å². The van der Waals surface area contributed by atoms with E-state index in [0.29, 0.717) is 45.7 Å². The Morgan fingerprint density at radius 1 is 1.20 bits per heavy atom. The molecule has 5 nitrogen and oxygen atoms in total. The second-order valence-electron chi connectivity index (χ2n) is 8.07. The minimum atomic E-state index is -0.539.